The summed E-state index contributed by atoms with van der Waals surface area (Å²) < 4.78 is 0. The van der Waals surface area contributed by atoms with Crippen LogP contribution in [0.3, 0.4) is 0 Å². The third-order valence-electron chi connectivity index (χ3n) is 7.52. The van der Waals surface area contributed by atoms with Gasteiger partial charge in [-0.15, -0.1) is 0 Å². The Morgan fingerprint density at radius 1 is 1.08 bits per heavy atom. The zero-order valence-corrected chi connectivity index (χ0v) is 21.6. The Bertz CT molecular complexity index is 1190. The number of hydrogen-bond acceptors (Lipinski definition) is 6. The zero-order valence-electron chi connectivity index (χ0n) is 21.6. The molecule has 0 bridgehead atoms. The maximum Gasteiger partial charge on any atom is 0.339 e. The van der Waals surface area contributed by atoms with Gasteiger partial charge < -0.3 is 21.6 Å². The molecular formula is C30H39N5O2. The highest BCUT2D eigenvalue weighted by Gasteiger charge is 2.45. The van der Waals surface area contributed by atoms with Crippen LogP contribution in [-0.2, 0) is 11.2 Å². The molecule has 0 heterocycles. The number of carboxylic acids is 1. The number of allylic oxidation sites excluding steroid dienone is 1. The number of aryl methyl sites for hydroxylation is 1. The maximum atomic E-state index is 11.9. The van der Waals surface area contributed by atoms with Crippen LogP contribution in [0.25, 0.3) is 11.1 Å². The minimum Gasteiger partial charge on any atom is -0.478 e. The molecule has 0 radical (unpaired) electrons. The molecule has 0 aromatic heterocycles. The molecule has 7 nitrogen and oxygen atoms in total. The maximum absolute atomic E-state index is 11.9. The molecule has 37 heavy (non-hydrogen) atoms. The van der Waals surface area contributed by atoms with E-state index in [9.17, 15) is 9.90 Å². The number of benzene rings is 2. The summed E-state index contributed by atoms with van der Waals surface area (Å²) in [5, 5.41) is 11.2. The topological polar surface area (TPSA) is 131 Å². The summed E-state index contributed by atoms with van der Waals surface area (Å²) >= 11 is 0. The normalized spacial score (nSPS) is 21.1. The molecule has 2 aliphatic rings. The minimum atomic E-state index is -1.10. The van der Waals surface area contributed by atoms with Gasteiger partial charge in [-0.25, -0.2) is 10.6 Å². The van der Waals surface area contributed by atoms with Crippen LogP contribution >= 0.6 is 0 Å². The zero-order chi connectivity index (χ0) is 26.4. The molecule has 0 aliphatic heterocycles. The Hall–Kier alpha value is -3.58. The van der Waals surface area contributed by atoms with Gasteiger partial charge in [0.15, 0.2) is 0 Å². The SMILES string of the molecule is CN(N)/C=C(\N)C1C[C@H]1C(=Nc1cccc(-c2cccc(CCC3CCCCC3)c2)c1)C(=CN)C(=O)O. The molecule has 2 fully saturated rings. The van der Waals surface area contributed by atoms with E-state index in [-0.39, 0.29) is 17.4 Å². The second-order valence-electron chi connectivity index (χ2n) is 10.4. The Kier molecular flexibility index (Phi) is 8.66. The van der Waals surface area contributed by atoms with E-state index < -0.39 is 5.97 Å². The lowest BCUT2D eigenvalue weighted by molar-refractivity contribution is -0.132. The summed E-state index contributed by atoms with van der Waals surface area (Å²) in [4.78, 5) is 16.7. The molecule has 2 aromatic rings. The number of aliphatic imine (C=N–C) groups is 1. The molecule has 0 amide bonds. The quantitative estimate of drug-likeness (QED) is 0.155. The van der Waals surface area contributed by atoms with E-state index in [1.54, 1.807) is 13.2 Å². The molecule has 0 saturated heterocycles. The van der Waals surface area contributed by atoms with Crippen LogP contribution in [0.4, 0.5) is 5.69 Å². The number of hydrogen-bond donors (Lipinski definition) is 4. The molecule has 1 unspecified atom stereocenters. The van der Waals surface area contributed by atoms with E-state index in [2.05, 4.69) is 30.3 Å². The van der Waals surface area contributed by atoms with Crippen LogP contribution in [0.1, 0.15) is 50.5 Å². The van der Waals surface area contributed by atoms with Crippen molar-refractivity contribution in [3.8, 4) is 11.1 Å². The fraction of sp³-hybridized carbons (Fsp3) is 0.400. The van der Waals surface area contributed by atoms with Crippen molar-refractivity contribution in [2.24, 2.45) is 40.1 Å². The van der Waals surface area contributed by atoms with Crippen molar-refractivity contribution in [2.75, 3.05) is 7.05 Å². The first-order valence-electron chi connectivity index (χ1n) is 13.2. The van der Waals surface area contributed by atoms with Crippen LogP contribution in [0.15, 0.2) is 77.2 Å². The number of carbonyl (C=O) groups is 1. The molecule has 0 spiro atoms. The van der Waals surface area contributed by atoms with Gasteiger partial charge in [0.2, 0.25) is 0 Å². The smallest absolute Gasteiger partial charge is 0.339 e. The highest BCUT2D eigenvalue weighted by Crippen LogP contribution is 2.45. The van der Waals surface area contributed by atoms with Crippen molar-refractivity contribution in [2.45, 2.75) is 51.4 Å². The minimum absolute atomic E-state index is 0.00323. The second kappa shape index (κ2) is 12.1. The molecule has 2 saturated carbocycles. The summed E-state index contributed by atoms with van der Waals surface area (Å²) in [7, 11) is 1.69. The van der Waals surface area contributed by atoms with Gasteiger partial charge in [-0.05, 0) is 54.0 Å². The molecule has 196 valence electrons. The van der Waals surface area contributed by atoms with Gasteiger partial charge in [0.1, 0.15) is 0 Å². The molecular weight excluding hydrogens is 462 g/mol. The van der Waals surface area contributed by atoms with Gasteiger partial charge >= 0.3 is 5.97 Å². The monoisotopic (exact) mass is 501 g/mol. The first kappa shape index (κ1) is 26.5. The van der Waals surface area contributed by atoms with Gasteiger partial charge in [0.05, 0.1) is 17.0 Å². The first-order chi connectivity index (χ1) is 17.9. The van der Waals surface area contributed by atoms with Crippen molar-refractivity contribution in [1.82, 2.24) is 5.01 Å². The Balaban J connectivity index is 1.57. The van der Waals surface area contributed by atoms with E-state index in [0.717, 1.165) is 29.7 Å². The van der Waals surface area contributed by atoms with E-state index in [1.165, 1.54) is 49.1 Å². The standard InChI is InChI=1S/C30H39N5O2/c1-35(33)19-28(32)25-17-26(25)29(27(18-31)30(36)37)34-24-12-6-11-23(16-24)22-10-5-9-21(15-22)14-13-20-7-3-2-4-8-20/h5-6,9-12,15-16,18-20,25-26H,2-4,7-8,13-14,17,31-33H2,1H3,(H,36,37)/b27-18?,28-19-,34-29?/t25?,26-/m1/s1. The number of aliphatic carboxylic acids is 1. The van der Waals surface area contributed by atoms with E-state index >= 15 is 0 Å². The summed E-state index contributed by atoms with van der Waals surface area (Å²) in [6.45, 7) is 0. The average molecular weight is 502 g/mol. The molecule has 2 aliphatic carbocycles. The van der Waals surface area contributed by atoms with Crippen molar-refractivity contribution >= 4 is 17.4 Å². The van der Waals surface area contributed by atoms with Crippen molar-refractivity contribution in [3.05, 3.63) is 77.8 Å². The largest absolute Gasteiger partial charge is 0.478 e. The highest BCUT2D eigenvalue weighted by molar-refractivity contribution is 6.21. The fourth-order valence-electron chi connectivity index (χ4n) is 5.45. The van der Waals surface area contributed by atoms with Gasteiger partial charge in [0, 0.05) is 37.0 Å². The summed E-state index contributed by atoms with van der Waals surface area (Å²) in [6, 6.07) is 16.6. The van der Waals surface area contributed by atoms with Crippen molar-refractivity contribution < 1.29 is 9.90 Å². The van der Waals surface area contributed by atoms with Gasteiger partial charge in [-0.2, -0.15) is 0 Å². The third-order valence-corrected chi connectivity index (χ3v) is 7.52. The molecule has 2 atom stereocenters. The predicted octanol–water partition coefficient (Wildman–Crippen LogP) is 5.11. The van der Waals surface area contributed by atoms with Crippen molar-refractivity contribution in [1.29, 1.82) is 0 Å². The van der Waals surface area contributed by atoms with E-state index in [4.69, 9.17) is 22.3 Å². The Morgan fingerprint density at radius 3 is 2.46 bits per heavy atom. The first-order valence-corrected chi connectivity index (χ1v) is 13.2. The van der Waals surface area contributed by atoms with Crippen molar-refractivity contribution in [3.63, 3.8) is 0 Å². The van der Waals surface area contributed by atoms with Crippen LogP contribution in [0.5, 0.6) is 0 Å². The van der Waals surface area contributed by atoms with E-state index in [1.807, 2.05) is 18.2 Å². The number of rotatable bonds is 10. The number of hydrazine groups is 1. The average Bonchev–Trinajstić information content (AvgIpc) is 3.69. The van der Waals surface area contributed by atoms with Gasteiger partial charge in [-0.3, -0.25) is 4.99 Å². The van der Waals surface area contributed by atoms with Crippen LogP contribution in [-0.4, -0.2) is 28.8 Å². The lowest BCUT2D eigenvalue weighted by atomic mass is 9.85. The molecule has 4 rings (SSSR count). The molecule has 7 N–H and O–H groups in total. The van der Waals surface area contributed by atoms with Crippen LogP contribution in [0.2, 0.25) is 0 Å². The Morgan fingerprint density at radius 2 is 1.78 bits per heavy atom. The number of nitrogens with two attached hydrogens (primary N) is 3. The van der Waals surface area contributed by atoms with Crippen LogP contribution < -0.4 is 17.3 Å². The van der Waals surface area contributed by atoms with Gasteiger partial charge in [-0.1, -0.05) is 68.5 Å². The number of carboxylic acid groups (broad SMARTS) is 1. The summed E-state index contributed by atoms with van der Waals surface area (Å²) in [6.07, 6.45) is 12.7. The predicted molar refractivity (Wildman–Crippen MR) is 150 cm³/mol. The summed E-state index contributed by atoms with van der Waals surface area (Å²) in [5.41, 5.74) is 17.2. The van der Waals surface area contributed by atoms with Crippen LogP contribution in [0, 0.1) is 17.8 Å². The fourth-order valence-corrected chi connectivity index (χ4v) is 5.45. The number of nitrogens with zero attached hydrogens (tertiary/aromatic N) is 2. The molecule has 7 heteroatoms. The van der Waals surface area contributed by atoms with E-state index in [0.29, 0.717) is 23.5 Å². The second-order valence-corrected chi connectivity index (χ2v) is 10.4. The molecule has 2 aromatic carbocycles. The highest BCUT2D eigenvalue weighted by atomic mass is 16.4. The lowest BCUT2D eigenvalue weighted by Gasteiger charge is -2.21. The Labute approximate surface area is 219 Å². The third kappa shape index (κ3) is 7.01. The summed E-state index contributed by atoms with van der Waals surface area (Å²) in [5.74, 6) is 5.29. The van der Waals surface area contributed by atoms with Gasteiger partial charge in [0.25, 0.3) is 0 Å². The lowest BCUT2D eigenvalue weighted by Crippen LogP contribution is -2.22.